The van der Waals surface area contributed by atoms with Gasteiger partial charge in [0, 0.05) is 6.04 Å². The fraction of sp³-hybridized carbons (Fsp3) is 0.333. The second-order valence-corrected chi connectivity index (χ2v) is 6.28. The van der Waals surface area contributed by atoms with E-state index in [-0.39, 0.29) is 5.82 Å². The lowest BCUT2D eigenvalue weighted by atomic mass is 9.84. The Hall–Kier alpha value is -3.14. The summed E-state index contributed by atoms with van der Waals surface area (Å²) in [5.41, 5.74) is 2.07. The average molecular weight is 366 g/mol. The van der Waals surface area contributed by atoms with E-state index in [2.05, 4.69) is 11.1 Å². The second kappa shape index (κ2) is 9.53. The van der Waals surface area contributed by atoms with Crippen molar-refractivity contribution in [2.24, 2.45) is 0 Å². The van der Waals surface area contributed by atoms with E-state index in [1.54, 1.807) is 24.3 Å². The third kappa shape index (κ3) is 5.96. The van der Waals surface area contributed by atoms with Crippen LogP contribution in [0.25, 0.3) is 0 Å². The smallest absolute Gasteiger partial charge is 0.427 e. The van der Waals surface area contributed by atoms with Gasteiger partial charge in [-0.15, -0.1) is 0 Å². The van der Waals surface area contributed by atoms with Crippen molar-refractivity contribution in [1.29, 1.82) is 10.5 Å². The van der Waals surface area contributed by atoms with Crippen molar-refractivity contribution in [1.82, 2.24) is 9.55 Å². The molecule has 0 unspecified atom stereocenters. The maximum absolute atomic E-state index is 10.6. The molecule has 138 valence electrons. The lowest BCUT2D eigenvalue weighted by Crippen LogP contribution is -2.09. The van der Waals surface area contributed by atoms with Crippen LogP contribution < -0.4 is 0 Å². The lowest BCUT2D eigenvalue weighted by Gasteiger charge is -2.02. The van der Waals surface area contributed by atoms with Gasteiger partial charge in [0.15, 0.2) is 12.6 Å². The number of nitrogens with one attached hydrogen (secondary N) is 1. The van der Waals surface area contributed by atoms with Crippen LogP contribution in [0.2, 0.25) is 5.82 Å². The molecule has 0 aromatic carbocycles. The fourth-order valence-electron chi connectivity index (χ4n) is 2.33. The predicted molar refractivity (Wildman–Crippen MR) is 96.9 cm³/mol. The summed E-state index contributed by atoms with van der Waals surface area (Å²) >= 11 is 0. The van der Waals surface area contributed by atoms with Gasteiger partial charge in [0.2, 0.25) is 0 Å². The molecule has 0 radical (unpaired) electrons. The number of nitriles is 2. The Balaban J connectivity index is 0.000000154. The normalized spacial score (nSPS) is 14.4. The van der Waals surface area contributed by atoms with Crippen LogP contribution in [0.4, 0.5) is 0 Å². The van der Waals surface area contributed by atoms with Crippen LogP contribution >= 0.6 is 0 Å². The quantitative estimate of drug-likeness (QED) is 0.556. The molecule has 2 heterocycles. The maximum atomic E-state index is 10.6. The van der Waals surface area contributed by atoms with E-state index >= 15 is 0 Å². The summed E-state index contributed by atoms with van der Waals surface area (Å²) in [6.45, 7) is 0. The second-order valence-electron chi connectivity index (χ2n) is 6.28. The molecule has 3 N–H and O–H groups in total. The monoisotopic (exact) mass is 366 g/mol. The molecule has 0 saturated heterocycles. The van der Waals surface area contributed by atoms with Gasteiger partial charge in [-0.3, -0.25) is 9.59 Å². The van der Waals surface area contributed by atoms with Gasteiger partial charge < -0.3 is 19.6 Å². The van der Waals surface area contributed by atoms with Gasteiger partial charge in [-0.2, -0.15) is 10.5 Å². The molecule has 0 bridgehead atoms. The molecule has 8 nitrogen and oxygen atoms in total. The lowest BCUT2D eigenvalue weighted by molar-refractivity contribution is 0.111. The highest BCUT2D eigenvalue weighted by Gasteiger charge is 2.33. The average Bonchev–Trinajstić information content (AvgIpc) is 3.62. The number of aldehydes is 2. The first kappa shape index (κ1) is 20.2. The van der Waals surface area contributed by atoms with Crippen molar-refractivity contribution < 1.29 is 19.6 Å². The highest BCUT2D eigenvalue weighted by atomic mass is 16.4. The molecule has 2 aromatic heterocycles. The van der Waals surface area contributed by atoms with E-state index in [0.717, 1.165) is 32.0 Å². The van der Waals surface area contributed by atoms with Gasteiger partial charge in [-0.1, -0.05) is 12.8 Å². The van der Waals surface area contributed by atoms with E-state index in [9.17, 15) is 9.59 Å². The zero-order valence-electron chi connectivity index (χ0n) is 14.6. The van der Waals surface area contributed by atoms with Gasteiger partial charge >= 0.3 is 7.12 Å². The molecule has 2 aromatic rings. The molecule has 2 aliphatic rings. The topological polar surface area (TPSA) is 143 Å². The molecule has 0 atom stereocenters. The van der Waals surface area contributed by atoms with Crippen LogP contribution in [0.1, 0.15) is 64.1 Å². The van der Waals surface area contributed by atoms with Crippen LogP contribution in [0.3, 0.4) is 0 Å². The first-order chi connectivity index (χ1) is 13.0. The third-order valence-corrected chi connectivity index (χ3v) is 4.10. The number of hydrogen-bond acceptors (Lipinski definition) is 6. The number of carbonyl (C=O) groups excluding carboxylic acids is 2. The zero-order chi connectivity index (χ0) is 19.8. The van der Waals surface area contributed by atoms with E-state index in [4.69, 9.17) is 20.6 Å². The molecular formula is C18H19BN4O4. The Labute approximate surface area is 156 Å². The highest BCUT2D eigenvalue weighted by Crippen LogP contribution is 2.37. The number of H-pyrrole nitrogens is 1. The van der Waals surface area contributed by atoms with Crippen molar-refractivity contribution in [2.45, 2.75) is 37.5 Å². The molecule has 2 saturated carbocycles. The van der Waals surface area contributed by atoms with Crippen LogP contribution in [0.5, 0.6) is 0 Å². The van der Waals surface area contributed by atoms with Crippen LogP contribution in [-0.2, 0) is 0 Å². The molecule has 4 rings (SSSR count). The van der Waals surface area contributed by atoms with Crippen molar-refractivity contribution >= 4 is 19.7 Å². The summed E-state index contributed by atoms with van der Waals surface area (Å²) in [6, 6.07) is 10.9. The maximum Gasteiger partial charge on any atom is 0.454 e. The molecule has 0 amide bonds. The van der Waals surface area contributed by atoms with Crippen molar-refractivity contribution in [3.05, 3.63) is 47.0 Å². The summed E-state index contributed by atoms with van der Waals surface area (Å²) in [4.78, 5) is 23.1. The minimum absolute atomic E-state index is 0.213. The van der Waals surface area contributed by atoms with Crippen LogP contribution in [0.15, 0.2) is 24.3 Å². The summed E-state index contributed by atoms with van der Waals surface area (Å²) in [5.74, 6) is 0.213. The van der Waals surface area contributed by atoms with E-state index in [1.807, 2.05) is 10.6 Å². The SMILES string of the molecule is N#Cc1ccc(C=O)[nH]1.N#Cc1ccc(C=O)n1C1CC1.OB(O)C1CC1. The van der Waals surface area contributed by atoms with Crippen molar-refractivity contribution in [2.75, 3.05) is 0 Å². The molecular weight excluding hydrogens is 347 g/mol. The predicted octanol–water partition coefficient (Wildman–Crippen LogP) is 1.83. The Morgan fingerprint density at radius 2 is 1.74 bits per heavy atom. The minimum Gasteiger partial charge on any atom is -0.427 e. The molecule has 0 aliphatic heterocycles. The fourth-order valence-corrected chi connectivity index (χ4v) is 2.33. The molecule has 2 fully saturated rings. The van der Waals surface area contributed by atoms with Crippen molar-refractivity contribution in [3.63, 3.8) is 0 Å². The molecule has 2 aliphatic carbocycles. The van der Waals surface area contributed by atoms with E-state index < -0.39 is 7.12 Å². The van der Waals surface area contributed by atoms with Gasteiger partial charge in [-0.05, 0) is 42.9 Å². The van der Waals surface area contributed by atoms with Crippen molar-refractivity contribution in [3.8, 4) is 12.1 Å². The largest absolute Gasteiger partial charge is 0.454 e. The summed E-state index contributed by atoms with van der Waals surface area (Å²) in [6.07, 6.45) is 5.64. The summed E-state index contributed by atoms with van der Waals surface area (Å²) in [5, 5.41) is 33.5. The molecule has 0 spiro atoms. The van der Waals surface area contributed by atoms with E-state index in [1.165, 1.54) is 0 Å². The Kier molecular flexibility index (Phi) is 7.12. The van der Waals surface area contributed by atoms with E-state index in [0.29, 0.717) is 35.1 Å². The Morgan fingerprint density at radius 3 is 2.07 bits per heavy atom. The third-order valence-electron chi connectivity index (χ3n) is 4.10. The van der Waals surface area contributed by atoms with Crippen LogP contribution in [-0.4, -0.2) is 39.3 Å². The van der Waals surface area contributed by atoms with Gasteiger partial charge in [-0.25, -0.2) is 0 Å². The van der Waals surface area contributed by atoms with Gasteiger partial charge in [0.1, 0.15) is 23.5 Å². The minimum atomic E-state index is -1.04. The number of nitrogens with zero attached hydrogens (tertiary/aromatic N) is 3. The first-order valence-electron chi connectivity index (χ1n) is 8.51. The number of aromatic amines is 1. The molecule has 27 heavy (non-hydrogen) atoms. The van der Waals surface area contributed by atoms with Gasteiger partial charge in [0.25, 0.3) is 0 Å². The molecule has 9 heteroatoms. The Bertz CT molecular complexity index is 867. The standard InChI is InChI=1S/C9H8N2O.C6H4N2O.C3H7BO2/c10-5-8-3-4-9(6-12)11(8)7-1-2-7;7-3-5-1-2-6(4-9)8-5;5-4(6)3-1-2-3/h3-4,6-7H,1-2H2;1-2,4,8H;3,5-6H,1-2H2. The highest BCUT2D eigenvalue weighted by molar-refractivity contribution is 6.44. The summed E-state index contributed by atoms with van der Waals surface area (Å²) < 4.78 is 1.83. The zero-order valence-corrected chi connectivity index (χ0v) is 14.6. The van der Waals surface area contributed by atoms with Gasteiger partial charge in [0.05, 0.1) is 11.4 Å². The summed E-state index contributed by atoms with van der Waals surface area (Å²) in [7, 11) is -1.04. The first-order valence-corrected chi connectivity index (χ1v) is 8.51. The Morgan fingerprint density at radius 1 is 1.04 bits per heavy atom. The number of aromatic nitrogens is 2. The number of rotatable bonds is 4. The number of hydrogen-bond donors (Lipinski definition) is 3. The van der Waals surface area contributed by atoms with Crippen LogP contribution in [0, 0.1) is 22.7 Å². The number of carbonyl (C=O) groups is 2.